The number of hydrogen-bond acceptors (Lipinski definition) is 2. The lowest BCUT2D eigenvalue weighted by atomic mass is 9.98. The van der Waals surface area contributed by atoms with Crippen molar-refractivity contribution in [1.82, 2.24) is 5.32 Å². The third kappa shape index (κ3) is 5.16. The Morgan fingerprint density at radius 3 is 2.74 bits per heavy atom. The first-order chi connectivity index (χ1) is 8.90. The van der Waals surface area contributed by atoms with E-state index in [2.05, 4.69) is 33.2 Å². The lowest BCUT2D eigenvalue weighted by Gasteiger charge is -2.28. The van der Waals surface area contributed by atoms with Gasteiger partial charge in [-0.05, 0) is 54.1 Å². The van der Waals surface area contributed by atoms with E-state index in [4.69, 9.17) is 11.6 Å². The lowest BCUT2D eigenvalue weighted by Crippen LogP contribution is -2.50. The Balaban J connectivity index is 2.69. The summed E-state index contributed by atoms with van der Waals surface area (Å²) in [7, 11) is 0. The second kappa shape index (κ2) is 7.31. The highest BCUT2D eigenvalue weighted by atomic mass is 127. The second-order valence-electron chi connectivity index (χ2n) is 4.67. The first kappa shape index (κ1) is 16.5. The van der Waals surface area contributed by atoms with Crippen molar-refractivity contribution >= 4 is 45.9 Å². The Kier molecular flexibility index (Phi) is 6.35. The van der Waals surface area contributed by atoms with Gasteiger partial charge in [-0.3, -0.25) is 0 Å². The molecule has 0 aromatic heterocycles. The zero-order valence-electron chi connectivity index (χ0n) is 11.0. The fourth-order valence-corrected chi connectivity index (χ4v) is 2.76. The summed E-state index contributed by atoms with van der Waals surface area (Å²) in [5, 5.41) is 15.5. The van der Waals surface area contributed by atoms with Crippen LogP contribution in [-0.2, 0) is 0 Å². The van der Waals surface area contributed by atoms with E-state index in [9.17, 15) is 9.90 Å². The Bertz CT molecular complexity index is 456. The van der Waals surface area contributed by atoms with E-state index in [1.54, 1.807) is 18.2 Å². The molecule has 19 heavy (non-hydrogen) atoms. The summed E-state index contributed by atoms with van der Waals surface area (Å²) in [5.41, 5.74) is 0.0933. The summed E-state index contributed by atoms with van der Waals surface area (Å²) in [6.07, 6.45) is 1.60. The molecule has 1 aromatic rings. The molecule has 0 saturated heterocycles. The van der Waals surface area contributed by atoms with Gasteiger partial charge in [-0.1, -0.05) is 24.9 Å². The van der Waals surface area contributed by atoms with Crippen LogP contribution in [0.1, 0.15) is 26.7 Å². The van der Waals surface area contributed by atoms with Crippen LogP contribution in [0.3, 0.4) is 0 Å². The molecule has 106 valence electrons. The average molecular weight is 397 g/mol. The van der Waals surface area contributed by atoms with E-state index < -0.39 is 5.54 Å². The third-order valence-electron chi connectivity index (χ3n) is 2.75. The summed E-state index contributed by atoms with van der Waals surface area (Å²) in [6.45, 7) is 3.74. The van der Waals surface area contributed by atoms with E-state index in [1.165, 1.54) is 0 Å². The molecule has 1 rings (SSSR count). The van der Waals surface area contributed by atoms with E-state index in [-0.39, 0.29) is 12.6 Å². The van der Waals surface area contributed by atoms with Crippen molar-refractivity contribution in [3.63, 3.8) is 0 Å². The number of carbonyl (C=O) groups is 1. The van der Waals surface area contributed by atoms with E-state index >= 15 is 0 Å². The number of urea groups is 1. The predicted octanol–water partition coefficient (Wildman–Crippen LogP) is 3.62. The van der Waals surface area contributed by atoms with Crippen molar-refractivity contribution in [2.24, 2.45) is 0 Å². The highest BCUT2D eigenvalue weighted by Crippen LogP contribution is 2.22. The SMILES string of the molecule is CCC[C@](C)(CO)NC(=O)Nc1ccc(Cl)cc1I. The number of rotatable bonds is 5. The number of aliphatic hydroxyl groups excluding tert-OH is 1. The number of anilines is 1. The van der Waals surface area contributed by atoms with Crippen LogP contribution in [0.5, 0.6) is 0 Å². The number of aliphatic hydroxyl groups is 1. The molecule has 6 heteroatoms. The van der Waals surface area contributed by atoms with Gasteiger partial charge in [0.15, 0.2) is 0 Å². The van der Waals surface area contributed by atoms with Gasteiger partial charge >= 0.3 is 6.03 Å². The van der Waals surface area contributed by atoms with Gasteiger partial charge < -0.3 is 15.7 Å². The minimum absolute atomic E-state index is 0.0913. The Morgan fingerprint density at radius 1 is 1.53 bits per heavy atom. The topological polar surface area (TPSA) is 61.4 Å². The van der Waals surface area contributed by atoms with Crippen LogP contribution >= 0.6 is 34.2 Å². The minimum Gasteiger partial charge on any atom is -0.394 e. The Morgan fingerprint density at radius 2 is 2.21 bits per heavy atom. The molecular formula is C13H18ClIN2O2. The number of carbonyl (C=O) groups excluding carboxylic acids is 1. The third-order valence-corrected chi connectivity index (χ3v) is 3.87. The van der Waals surface area contributed by atoms with Crippen LogP contribution in [-0.4, -0.2) is 23.3 Å². The molecule has 0 radical (unpaired) electrons. The Labute approximate surface area is 132 Å². The number of amides is 2. The number of benzene rings is 1. The molecule has 0 aliphatic carbocycles. The molecule has 0 fully saturated rings. The van der Waals surface area contributed by atoms with Crippen LogP contribution in [0.15, 0.2) is 18.2 Å². The van der Waals surface area contributed by atoms with Crippen LogP contribution < -0.4 is 10.6 Å². The van der Waals surface area contributed by atoms with Gasteiger partial charge in [-0.15, -0.1) is 0 Å². The average Bonchev–Trinajstić information content (AvgIpc) is 2.33. The van der Waals surface area contributed by atoms with Crippen LogP contribution in [0.25, 0.3) is 0 Å². The maximum atomic E-state index is 11.9. The van der Waals surface area contributed by atoms with Crippen molar-refractivity contribution in [2.75, 3.05) is 11.9 Å². The molecule has 0 bridgehead atoms. The highest BCUT2D eigenvalue weighted by molar-refractivity contribution is 14.1. The van der Waals surface area contributed by atoms with Gasteiger partial charge in [-0.2, -0.15) is 0 Å². The summed E-state index contributed by atoms with van der Waals surface area (Å²) in [4.78, 5) is 11.9. The first-order valence-corrected chi connectivity index (χ1v) is 7.51. The van der Waals surface area contributed by atoms with Gasteiger partial charge in [0.25, 0.3) is 0 Å². The fraction of sp³-hybridized carbons (Fsp3) is 0.462. The number of hydrogen-bond donors (Lipinski definition) is 3. The van der Waals surface area contributed by atoms with Gasteiger partial charge in [0.05, 0.1) is 17.8 Å². The minimum atomic E-state index is -0.601. The van der Waals surface area contributed by atoms with Crippen LogP contribution in [0.4, 0.5) is 10.5 Å². The molecule has 0 aliphatic rings. The van der Waals surface area contributed by atoms with E-state index in [1.807, 2.05) is 13.8 Å². The maximum Gasteiger partial charge on any atom is 0.319 e. The van der Waals surface area contributed by atoms with Gasteiger partial charge in [-0.25, -0.2) is 4.79 Å². The quantitative estimate of drug-likeness (QED) is 0.666. The molecule has 0 aliphatic heterocycles. The number of halogens is 2. The molecule has 1 atom stereocenters. The summed E-state index contributed by atoms with van der Waals surface area (Å²) in [6, 6.07) is 4.91. The molecule has 0 heterocycles. The van der Waals surface area contributed by atoms with Crippen molar-refractivity contribution in [3.05, 3.63) is 26.8 Å². The molecule has 4 nitrogen and oxygen atoms in total. The van der Waals surface area contributed by atoms with Crippen LogP contribution in [0, 0.1) is 3.57 Å². The lowest BCUT2D eigenvalue weighted by molar-refractivity contribution is 0.167. The van der Waals surface area contributed by atoms with E-state index in [0.29, 0.717) is 17.1 Å². The zero-order valence-corrected chi connectivity index (χ0v) is 13.9. The predicted molar refractivity (Wildman–Crippen MR) is 86.7 cm³/mol. The van der Waals surface area contributed by atoms with Crippen molar-refractivity contribution < 1.29 is 9.90 Å². The Hall–Kier alpha value is -0.530. The largest absolute Gasteiger partial charge is 0.394 e. The standard InChI is InChI=1S/C13H18ClIN2O2/c1-3-6-13(2,8-18)17-12(19)16-11-5-4-9(14)7-10(11)15/h4-5,7,18H,3,6,8H2,1-2H3,(H2,16,17,19)/t13-/m1/s1. The molecule has 2 amide bonds. The zero-order chi connectivity index (χ0) is 14.5. The molecule has 1 aromatic carbocycles. The molecule has 0 saturated carbocycles. The highest BCUT2D eigenvalue weighted by Gasteiger charge is 2.24. The van der Waals surface area contributed by atoms with Crippen LogP contribution in [0.2, 0.25) is 5.02 Å². The van der Waals surface area contributed by atoms with Crippen molar-refractivity contribution in [1.29, 1.82) is 0 Å². The summed E-state index contributed by atoms with van der Waals surface area (Å²) >= 11 is 7.96. The van der Waals surface area contributed by atoms with Crippen molar-refractivity contribution in [2.45, 2.75) is 32.2 Å². The van der Waals surface area contributed by atoms with Gasteiger partial charge in [0.2, 0.25) is 0 Å². The summed E-state index contributed by atoms with van der Waals surface area (Å²) in [5.74, 6) is 0. The van der Waals surface area contributed by atoms with E-state index in [0.717, 1.165) is 9.99 Å². The fourth-order valence-electron chi connectivity index (χ4n) is 1.75. The smallest absolute Gasteiger partial charge is 0.319 e. The summed E-state index contributed by atoms with van der Waals surface area (Å²) < 4.78 is 0.862. The normalized spacial score (nSPS) is 13.7. The first-order valence-electron chi connectivity index (χ1n) is 6.05. The molecule has 3 N–H and O–H groups in total. The molecular weight excluding hydrogens is 379 g/mol. The van der Waals surface area contributed by atoms with Gasteiger partial charge in [0.1, 0.15) is 0 Å². The van der Waals surface area contributed by atoms with Crippen molar-refractivity contribution in [3.8, 4) is 0 Å². The maximum absolute atomic E-state index is 11.9. The molecule has 0 unspecified atom stereocenters. The number of nitrogens with one attached hydrogen (secondary N) is 2. The van der Waals surface area contributed by atoms with Gasteiger partial charge in [0, 0.05) is 8.59 Å². The molecule has 0 spiro atoms. The second-order valence-corrected chi connectivity index (χ2v) is 6.27. The monoisotopic (exact) mass is 396 g/mol.